The summed E-state index contributed by atoms with van der Waals surface area (Å²) in [6.45, 7) is 2.37. The molecule has 0 aliphatic carbocycles. The number of aromatic nitrogens is 1. The number of fused-ring (bicyclic) bond motifs is 1. The van der Waals surface area contributed by atoms with Gasteiger partial charge in [0.25, 0.3) is 6.01 Å². The van der Waals surface area contributed by atoms with E-state index in [0.717, 1.165) is 17.5 Å². The fraction of sp³-hybridized carbons (Fsp3) is 0.385. The lowest BCUT2D eigenvalue weighted by Crippen LogP contribution is -2.11. The van der Waals surface area contributed by atoms with Crippen molar-refractivity contribution in [3.05, 3.63) is 24.3 Å². The van der Waals surface area contributed by atoms with Crippen LogP contribution in [0.2, 0.25) is 0 Å². The molecular formula is C13H16N2O3. The monoisotopic (exact) mass is 248 g/mol. The third kappa shape index (κ3) is 3.00. The van der Waals surface area contributed by atoms with Gasteiger partial charge in [-0.25, -0.2) is 0 Å². The Hall–Kier alpha value is -2.04. The Morgan fingerprint density at radius 1 is 1.50 bits per heavy atom. The van der Waals surface area contributed by atoms with E-state index in [9.17, 15) is 4.79 Å². The Balaban J connectivity index is 1.81. The maximum atomic E-state index is 10.6. The molecule has 1 aromatic carbocycles. The van der Waals surface area contributed by atoms with E-state index in [1.165, 1.54) is 0 Å². The molecule has 0 aliphatic heterocycles. The Morgan fingerprint density at radius 2 is 2.28 bits per heavy atom. The topological polar surface area (TPSA) is 75.4 Å². The minimum atomic E-state index is -0.753. The average molecular weight is 248 g/mol. The van der Waals surface area contributed by atoms with Crippen molar-refractivity contribution in [2.45, 2.75) is 19.8 Å². The van der Waals surface area contributed by atoms with Gasteiger partial charge in [0.05, 0.1) is 5.92 Å². The molecule has 1 heterocycles. The number of hydrogen-bond acceptors (Lipinski definition) is 4. The van der Waals surface area contributed by atoms with Crippen LogP contribution in [-0.2, 0) is 4.79 Å². The first kappa shape index (κ1) is 12.4. The molecule has 2 N–H and O–H groups in total. The third-order valence-electron chi connectivity index (χ3n) is 2.81. The zero-order valence-electron chi connectivity index (χ0n) is 10.2. The largest absolute Gasteiger partial charge is 0.481 e. The van der Waals surface area contributed by atoms with Crippen LogP contribution in [0.4, 0.5) is 6.01 Å². The number of oxazole rings is 1. The predicted octanol–water partition coefficient (Wildman–Crippen LogP) is 2.74. The zero-order chi connectivity index (χ0) is 13.0. The molecule has 0 spiro atoms. The molecule has 5 nitrogen and oxygen atoms in total. The molecule has 5 heteroatoms. The second-order valence-electron chi connectivity index (χ2n) is 4.30. The molecule has 1 aromatic heterocycles. The van der Waals surface area contributed by atoms with Gasteiger partial charge in [0, 0.05) is 6.54 Å². The van der Waals surface area contributed by atoms with Gasteiger partial charge in [0.1, 0.15) is 5.52 Å². The van der Waals surface area contributed by atoms with Crippen molar-refractivity contribution in [1.82, 2.24) is 4.98 Å². The van der Waals surface area contributed by atoms with Crippen LogP contribution in [0.15, 0.2) is 28.7 Å². The number of benzene rings is 1. The number of nitrogens with one attached hydrogen (secondary N) is 1. The molecule has 1 atom stereocenters. The molecule has 1 unspecified atom stereocenters. The second-order valence-corrected chi connectivity index (χ2v) is 4.30. The standard InChI is InChI=1S/C13H16N2O3/c1-9(12(16)17)5-4-8-14-13-15-10-6-2-3-7-11(10)18-13/h2-3,6-7,9H,4-5,8H2,1H3,(H,14,15)(H,16,17). The molecule has 18 heavy (non-hydrogen) atoms. The number of carboxylic acid groups (broad SMARTS) is 1. The molecule has 0 bridgehead atoms. The SMILES string of the molecule is CC(CCCNc1nc2ccccc2o1)C(=O)O. The van der Waals surface area contributed by atoms with Crippen molar-refractivity contribution in [3.8, 4) is 0 Å². The van der Waals surface area contributed by atoms with Crippen LogP contribution >= 0.6 is 0 Å². The maximum absolute atomic E-state index is 10.6. The third-order valence-corrected chi connectivity index (χ3v) is 2.81. The maximum Gasteiger partial charge on any atom is 0.306 e. The first-order valence-electron chi connectivity index (χ1n) is 5.99. The Kier molecular flexibility index (Phi) is 3.82. The van der Waals surface area contributed by atoms with Gasteiger partial charge < -0.3 is 14.8 Å². The van der Waals surface area contributed by atoms with Gasteiger partial charge in [0.2, 0.25) is 0 Å². The summed E-state index contributed by atoms with van der Waals surface area (Å²) in [4.78, 5) is 14.9. The molecule has 2 rings (SSSR count). The van der Waals surface area contributed by atoms with E-state index in [1.54, 1.807) is 6.92 Å². The van der Waals surface area contributed by atoms with E-state index < -0.39 is 5.97 Å². The molecule has 96 valence electrons. The number of rotatable bonds is 6. The van der Waals surface area contributed by atoms with Crippen LogP contribution in [0.5, 0.6) is 0 Å². The zero-order valence-corrected chi connectivity index (χ0v) is 10.2. The fourth-order valence-corrected chi connectivity index (χ4v) is 1.67. The van der Waals surface area contributed by atoms with E-state index in [0.29, 0.717) is 19.0 Å². The summed E-state index contributed by atoms with van der Waals surface area (Å²) < 4.78 is 5.48. The van der Waals surface area contributed by atoms with Crippen molar-refractivity contribution in [3.63, 3.8) is 0 Å². The number of nitrogens with zero attached hydrogens (tertiary/aromatic N) is 1. The van der Waals surface area contributed by atoms with Crippen molar-refractivity contribution >= 4 is 23.1 Å². The molecule has 0 amide bonds. The Bertz CT molecular complexity index is 503. The number of carbonyl (C=O) groups is 1. The fourth-order valence-electron chi connectivity index (χ4n) is 1.67. The molecule has 0 radical (unpaired) electrons. The van der Waals surface area contributed by atoms with Gasteiger partial charge in [-0.2, -0.15) is 4.98 Å². The lowest BCUT2D eigenvalue weighted by Gasteiger charge is -2.05. The van der Waals surface area contributed by atoms with Gasteiger partial charge in [-0.3, -0.25) is 4.79 Å². The van der Waals surface area contributed by atoms with Crippen molar-refractivity contribution < 1.29 is 14.3 Å². The summed E-state index contributed by atoms with van der Waals surface area (Å²) >= 11 is 0. The summed E-state index contributed by atoms with van der Waals surface area (Å²) in [5.74, 6) is -1.06. The summed E-state index contributed by atoms with van der Waals surface area (Å²) in [6.07, 6.45) is 1.41. The van der Waals surface area contributed by atoms with Crippen LogP contribution in [0.25, 0.3) is 11.1 Å². The second kappa shape index (κ2) is 5.53. The van der Waals surface area contributed by atoms with Gasteiger partial charge in [-0.05, 0) is 25.0 Å². The van der Waals surface area contributed by atoms with E-state index in [4.69, 9.17) is 9.52 Å². The molecule has 0 saturated heterocycles. The normalized spacial score (nSPS) is 12.5. The number of anilines is 1. The smallest absolute Gasteiger partial charge is 0.306 e. The first-order chi connectivity index (χ1) is 8.66. The number of aliphatic carboxylic acids is 1. The van der Waals surface area contributed by atoms with E-state index in [-0.39, 0.29) is 5.92 Å². The molecular weight excluding hydrogens is 232 g/mol. The summed E-state index contributed by atoms with van der Waals surface area (Å²) in [5, 5.41) is 11.8. The van der Waals surface area contributed by atoms with Crippen molar-refractivity contribution in [2.24, 2.45) is 5.92 Å². The lowest BCUT2D eigenvalue weighted by molar-refractivity contribution is -0.141. The minimum Gasteiger partial charge on any atom is -0.481 e. The molecule has 0 saturated carbocycles. The van der Waals surface area contributed by atoms with Crippen molar-refractivity contribution in [1.29, 1.82) is 0 Å². The summed E-state index contributed by atoms with van der Waals surface area (Å²) in [7, 11) is 0. The number of hydrogen-bond donors (Lipinski definition) is 2. The Labute approximate surface area is 105 Å². The van der Waals surface area contributed by atoms with Crippen LogP contribution in [-0.4, -0.2) is 22.6 Å². The van der Waals surface area contributed by atoms with Gasteiger partial charge in [-0.1, -0.05) is 19.1 Å². The molecule has 2 aromatic rings. The highest BCUT2D eigenvalue weighted by molar-refractivity contribution is 5.74. The molecule has 0 fully saturated rings. The van der Waals surface area contributed by atoms with Crippen LogP contribution < -0.4 is 5.32 Å². The van der Waals surface area contributed by atoms with Crippen molar-refractivity contribution in [2.75, 3.05) is 11.9 Å². The van der Waals surface area contributed by atoms with Crippen LogP contribution in [0, 0.1) is 5.92 Å². The number of carboxylic acids is 1. The van der Waals surface area contributed by atoms with E-state index >= 15 is 0 Å². The predicted molar refractivity (Wildman–Crippen MR) is 68.5 cm³/mol. The number of para-hydroxylation sites is 2. The van der Waals surface area contributed by atoms with Crippen LogP contribution in [0.3, 0.4) is 0 Å². The molecule has 0 aliphatic rings. The van der Waals surface area contributed by atoms with E-state index in [2.05, 4.69) is 10.3 Å². The highest BCUT2D eigenvalue weighted by Gasteiger charge is 2.10. The summed E-state index contributed by atoms with van der Waals surface area (Å²) in [5.41, 5.74) is 1.57. The highest BCUT2D eigenvalue weighted by Crippen LogP contribution is 2.18. The summed E-state index contributed by atoms with van der Waals surface area (Å²) in [6, 6.07) is 8.03. The highest BCUT2D eigenvalue weighted by atomic mass is 16.4. The Morgan fingerprint density at radius 3 is 3.00 bits per heavy atom. The minimum absolute atomic E-state index is 0.310. The van der Waals surface area contributed by atoms with Gasteiger partial charge >= 0.3 is 5.97 Å². The quantitative estimate of drug-likeness (QED) is 0.769. The van der Waals surface area contributed by atoms with E-state index in [1.807, 2.05) is 24.3 Å². The van der Waals surface area contributed by atoms with Gasteiger partial charge in [-0.15, -0.1) is 0 Å². The lowest BCUT2D eigenvalue weighted by atomic mass is 10.1. The van der Waals surface area contributed by atoms with Crippen LogP contribution in [0.1, 0.15) is 19.8 Å². The average Bonchev–Trinajstić information content (AvgIpc) is 2.76. The van der Waals surface area contributed by atoms with Gasteiger partial charge in [0.15, 0.2) is 5.58 Å². The first-order valence-corrected chi connectivity index (χ1v) is 5.99.